The van der Waals surface area contributed by atoms with Crippen molar-refractivity contribution in [1.29, 1.82) is 0 Å². The molecule has 0 unspecified atom stereocenters. The van der Waals surface area contributed by atoms with Crippen LogP contribution in [-0.4, -0.2) is 62.3 Å². The van der Waals surface area contributed by atoms with E-state index in [2.05, 4.69) is 57.1 Å². The van der Waals surface area contributed by atoms with Crippen LogP contribution in [0.4, 0.5) is 0 Å². The number of rotatable bonds is 9. The third kappa shape index (κ3) is 13.1. The molecular formula is C20H43IN4O. The van der Waals surface area contributed by atoms with Gasteiger partial charge in [0.15, 0.2) is 5.96 Å². The van der Waals surface area contributed by atoms with Gasteiger partial charge in [-0.2, -0.15) is 0 Å². The smallest absolute Gasteiger partial charge is 0.191 e. The van der Waals surface area contributed by atoms with Gasteiger partial charge in [-0.25, -0.2) is 0 Å². The van der Waals surface area contributed by atoms with Crippen molar-refractivity contribution < 1.29 is 4.74 Å². The zero-order chi connectivity index (χ0) is 18.7. The first-order chi connectivity index (χ1) is 11.8. The van der Waals surface area contributed by atoms with E-state index in [1.54, 1.807) is 0 Å². The van der Waals surface area contributed by atoms with Gasteiger partial charge < -0.3 is 20.3 Å². The number of halogens is 1. The molecule has 0 aliphatic carbocycles. The standard InChI is InChI=1S/C20H42N4O.HI/c1-7-21-19(22-12-8-11-20(4,5)6)23-18-9-13-24(14-10-18)15-16-25-17(2)3;/h17-18H,7-16H2,1-6H3,(H2,21,22,23);1H. The summed E-state index contributed by atoms with van der Waals surface area (Å²) in [6, 6.07) is 0.530. The summed E-state index contributed by atoms with van der Waals surface area (Å²) >= 11 is 0. The molecule has 2 N–H and O–H groups in total. The Kier molecular flexibility index (Phi) is 14.0. The van der Waals surface area contributed by atoms with Crippen molar-refractivity contribution in [3.8, 4) is 0 Å². The van der Waals surface area contributed by atoms with Gasteiger partial charge >= 0.3 is 0 Å². The summed E-state index contributed by atoms with van der Waals surface area (Å²) in [5.41, 5.74) is 0.396. The third-order valence-electron chi connectivity index (χ3n) is 4.49. The van der Waals surface area contributed by atoms with E-state index in [4.69, 9.17) is 9.73 Å². The number of aliphatic imine (C=N–C) groups is 1. The number of piperidine rings is 1. The highest BCUT2D eigenvalue weighted by molar-refractivity contribution is 14.0. The predicted octanol–water partition coefficient (Wildman–Crippen LogP) is 3.88. The molecule has 156 valence electrons. The summed E-state index contributed by atoms with van der Waals surface area (Å²) in [7, 11) is 0. The average Bonchev–Trinajstić information content (AvgIpc) is 2.52. The highest BCUT2D eigenvalue weighted by Crippen LogP contribution is 2.20. The van der Waals surface area contributed by atoms with E-state index in [-0.39, 0.29) is 24.0 Å². The summed E-state index contributed by atoms with van der Waals surface area (Å²) in [4.78, 5) is 7.27. The van der Waals surface area contributed by atoms with Gasteiger partial charge in [-0.15, -0.1) is 24.0 Å². The van der Waals surface area contributed by atoms with Crippen LogP contribution in [0.2, 0.25) is 0 Å². The van der Waals surface area contributed by atoms with Crippen LogP contribution >= 0.6 is 24.0 Å². The molecular weight excluding hydrogens is 439 g/mol. The van der Waals surface area contributed by atoms with Gasteiger partial charge in [-0.05, 0) is 51.9 Å². The van der Waals surface area contributed by atoms with E-state index in [9.17, 15) is 0 Å². The number of hydrogen-bond acceptors (Lipinski definition) is 3. The van der Waals surface area contributed by atoms with Gasteiger partial charge in [0.2, 0.25) is 0 Å². The second-order valence-corrected chi connectivity index (χ2v) is 8.60. The third-order valence-corrected chi connectivity index (χ3v) is 4.49. The Balaban J connectivity index is 0.00000625. The van der Waals surface area contributed by atoms with Crippen LogP contribution in [0, 0.1) is 5.41 Å². The van der Waals surface area contributed by atoms with Crippen molar-refractivity contribution >= 4 is 29.9 Å². The fourth-order valence-electron chi connectivity index (χ4n) is 3.03. The van der Waals surface area contributed by atoms with Crippen LogP contribution in [0.3, 0.4) is 0 Å². The normalized spacial score (nSPS) is 17.3. The van der Waals surface area contributed by atoms with Crippen molar-refractivity contribution in [1.82, 2.24) is 15.5 Å². The van der Waals surface area contributed by atoms with Gasteiger partial charge in [-0.3, -0.25) is 4.99 Å². The molecule has 26 heavy (non-hydrogen) atoms. The maximum atomic E-state index is 5.66. The number of guanidine groups is 1. The molecule has 0 aromatic heterocycles. The highest BCUT2D eigenvalue weighted by Gasteiger charge is 2.19. The number of nitrogens with one attached hydrogen (secondary N) is 2. The fraction of sp³-hybridized carbons (Fsp3) is 0.950. The van der Waals surface area contributed by atoms with Crippen molar-refractivity contribution in [3.05, 3.63) is 0 Å². The van der Waals surface area contributed by atoms with E-state index >= 15 is 0 Å². The summed E-state index contributed by atoms with van der Waals surface area (Å²) in [5.74, 6) is 0.984. The molecule has 1 aliphatic heterocycles. The monoisotopic (exact) mass is 482 g/mol. The van der Waals surface area contributed by atoms with Gasteiger partial charge in [-0.1, -0.05) is 20.8 Å². The molecule has 0 spiro atoms. The first kappa shape index (κ1) is 25.9. The SMILES string of the molecule is CCNC(=NCCCC(C)(C)C)NC1CCN(CCOC(C)C)CC1.I. The van der Waals surface area contributed by atoms with Crippen molar-refractivity contribution in [2.75, 3.05) is 39.3 Å². The number of nitrogens with zero attached hydrogens (tertiary/aromatic N) is 2. The summed E-state index contributed by atoms with van der Waals surface area (Å²) in [6.07, 6.45) is 5.04. The van der Waals surface area contributed by atoms with Crippen molar-refractivity contribution in [2.24, 2.45) is 10.4 Å². The maximum Gasteiger partial charge on any atom is 0.191 e. The molecule has 1 saturated heterocycles. The topological polar surface area (TPSA) is 48.9 Å². The molecule has 1 rings (SSSR count). The van der Waals surface area contributed by atoms with E-state index < -0.39 is 0 Å². The first-order valence-corrected chi connectivity index (χ1v) is 10.2. The quantitative estimate of drug-likeness (QED) is 0.227. The maximum absolute atomic E-state index is 5.66. The van der Waals surface area contributed by atoms with E-state index in [1.807, 2.05) is 0 Å². The Morgan fingerprint density at radius 2 is 1.88 bits per heavy atom. The Hall–Kier alpha value is -0.0800. The molecule has 0 atom stereocenters. The van der Waals surface area contributed by atoms with Gasteiger partial charge in [0.1, 0.15) is 0 Å². The molecule has 0 radical (unpaired) electrons. The minimum Gasteiger partial charge on any atom is -0.377 e. The summed E-state index contributed by atoms with van der Waals surface area (Å²) in [5, 5.41) is 7.02. The lowest BCUT2D eigenvalue weighted by atomic mass is 9.91. The second kappa shape index (κ2) is 14.0. The number of hydrogen-bond donors (Lipinski definition) is 2. The Morgan fingerprint density at radius 1 is 1.23 bits per heavy atom. The minimum atomic E-state index is 0. The van der Waals surface area contributed by atoms with Crippen LogP contribution < -0.4 is 10.6 Å². The Bertz CT molecular complexity index is 374. The van der Waals surface area contributed by atoms with Crippen LogP contribution in [0.1, 0.15) is 67.2 Å². The van der Waals surface area contributed by atoms with Gasteiger partial charge in [0.05, 0.1) is 12.7 Å². The molecule has 6 heteroatoms. The van der Waals surface area contributed by atoms with Crippen molar-refractivity contribution in [3.63, 3.8) is 0 Å². The lowest BCUT2D eigenvalue weighted by Crippen LogP contribution is -2.49. The average molecular weight is 482 g/mol. The molecule has 0 aromatic carbocycles. The molecule has 0 bridgehead atoms. The zero-order valence-corrected chi connectivity index (χ0v) is 20.3. The molecule has 1 aliphatic rings. The fourth-order valence-corrected chi connectivity index (χ4v) is 3.03. The Labute approximate surface area is 179 Å². The zero-order valence-electron chi connectivity index (χ0n) is 17.9. The van der Waals surface area contributed by atoms with E-state index in [0.717, 1.165) is 51.7 Å². The van der Waals surface area contributed by atoms with Crippen LogP contribution in [0.15, 0.2) is 4.99 Å². The molecule has 1 fully saturated rings. The molecule has 0 saturated carbocycles. The van der Waals surface area contributed by atoms with Crippen molar-refractivity contribution in [2.45, 2.75) is 79.4 Å². The van der Waals surface area contributed by atoms with Crippen LogP contribution in [0.25, 0.3) is 0 Å². The summed E-state index contributed by atoms with van der Waals surface area (Å²) < 4.78 is 5.66. The second-order valence-electron chi connectivity index (χ2n) is 8.60. The van der Waals surface area contributed by atoms with Gasteiger partial charge in [0.25, 0.3) is 0 Å². The van der Waals surface area contributed by atoms with E-state index in [1.165, 1.54) is 19.3 Å². The predicted molar refractivity (Wildman–Crippen MR) is 124 cm³/mol. The minimum absolute atomic E-state index is 0. The highest BCUT2D eigenvalue weighted by atomic mass is 127. The molecule has 1 heterocycles. The number of ether oxygens (including phenoxy) is 1. The summed E-state index contributed by atoms with van der Waals surface area (Å²) in [6.45, 7) is 19.2. The lowest BCUT2D eigenvalue weighted by Gasteiger charge is -2.33. The molecule has 0 aromatic rings. The van der Waals surface area contributed by atoms with Crippen LogP contribution in [-0.2, 0) is 4.74 Å². The number of likely N-dealkylation sites (tertiary alicyclic amines) is 1. The van der Waals surface area contributed by atoms with Crippen LogP contribution in [0.5, 0.6) is 0 Å². The lowest BCUT2D eigenvalue weighted by molar-refractivity contribution is 0.0532. The van der Waals surface area contributed by atoms with E-state index in [0.29, 0.717) is 17.6 Å². The molecule has 0 amide bonds. The first-order valence-electron chi connectivity index (χ1n) is 10.2. The molecule has 5 nitrogen and oxygen atoms in total. The van der Waals surface area contributed by atoms with Gasteiger partial charge in [0, 0.05) is 38.8 Å². The Morgan fingerprint density at radius 3 is 2.42 bits per heavy atom. The largest absolute Gasteiger partial charge is 0.377 e.